The molecule has 0 fully saturated rings. The summed E-state index contributed by atoms with van der Waals surface area (Å²) in [7, 11) is -3.92. The summed E-state index contributed by atoms with van der Waals surface area (Å²) in [6, 6.07) is 2.74. The number of rotatable bonds is 3. The van der Waals surface area contributed by atoms with E-state index < -0.39 is 15.8 Å². The molecule has 0 unspecified atom stereocenters. The van der Waals surface area contributed by atoms with Crippen LogP contribution >= 0.6 is 11.6 Å². The Bertz CT molecular complexity index is 848. The van der Waals surface area contributed by atoms with Crippen molar-refractivity contribution in [2.24, 2.45) is 0 Å². The van der Waals surface area contributed by atoms with Crippen molar-refractivity contribution in [3.63, 3.8) is 0 Å². The standard InChI is InChI=1S/C15H17ClFN3O2S/c1-10(2)19-8-14(18-9-19)23(21,22)20-7-3-4-11-12(16)5-6-13(17)15(11)20/h5-6,8-10H,3-4,7H2,1-2H3. The number of halogens is 2. The fraction of sp³-hybridized carbons (Fsp3) is 0.400. The minimum Gasteiger partial charge on any atom is -0.334 e. The Balaban J connectivity index is 2.11. The van der Waals surface area contributed by atoms with E-state index >= 15 is 0 Å². The second-order valence-corrected chi connectivity index (χ2v) is 8.01. The lowest BCUT2D eigenvalue weighted by Gasteiger charge is -2.30. The summed E-state index contributed by atoms with van der Waals surface area (Å²) in [5, 5.41) is 0.299. The lowest BCUT2D eigenvalue weighted by atomic mass is 10.0. The maximum atomic E-state index is 14.3. The first-order valence-electron chi connectivity index (χ1n) is 7.35. The van der Waals surface area contributed by atoms with Crippen LogP contribution in [0.3, 0.4) is 0 Å². The van der Waals surface area contributed by atoms with E-state index in [0.29, 0.717) is 23.4 Å². The van der Waals surface area contributed by atoms with Gasteiger partial charge in [-0.2, -0.15) is 8.42 Å². The molecule has 0 bridgehead atoms. The van der Waals surface area contributed by atoms with Gasteiger partial charge in [0.25, 0.3) is 10.0 Å². The first-order valence-corrected chi connectivity index (χ1v) is 9.17. The Kier molecular flexibility index (Phi) is 4.10. The zero-order valence-electron chi connectivity index (χ0n) is 12.8. The topological polar surface area (TPSA) is 55.2 Å². The molecule has 0 saturated heterocycles. The highest BCUT2D eigenvalue weighted by molar-refractivity contribution is 7.92. The molecular formula is C15H17ClFN3O2S. The van der Waals surface area contributed by atoms with Crippen LogP contribution in [0.1, 0.15) is 31.9 Å². The molecule has 8 heteroatoms. The number of fused-ring (bicyclic) bond motifs is 1. The lowest BCUT2D eigenvalue weighted by molar-refractivity contribution is 0.573. The maximum Gasteiger partial charge on any atom is 0.283 e. The number of anilines is 1. The van der Waals surface area contributed by atoms with Gasteiger partial charge in [0.2, 0.25) is 0 Å². The van der Waals surface area contributed by atoms with Gasteiger partial charge in [-0.05, 0) is 44.4 Å². The number of nitrogens with zero attached hydrogens (tertiary/aromatic N) is 3. The van der Waals surface area contributed by atoms with Crippen molar-refractivity contribution in [1.82, 2.24) is 9.55 Å². The van der Waals surface area contributed by atoms with E-state index in [1.54, 1.807) is 4.57 Å². The minimum atomic E-state index is -3.92. The van der Waals surface area contributed by atoms with Crippen molar-refractivity contribution in [3.8, 4) is 0 Å². The Morgan fingerprint density at radius 3 is 2.74 bits per heavy atom. The third-order valence-corrected chi connectivity index (χ3v) is 5.98. The van der Waals surface area contributed by atoms with Gasteiger partial charge in [0.15, 0.2) is 5.03 Å². The highest BCUT2D eigenvalue weighted by Crippen LogP contribution is 2.37. The molecule has 5 nitrogen and oxygen atoms in total. The van der Waals surface area contributed by atoms with Crippen LogP contribution in [0, 0.1) is 5.82 Å². The molecule has 1 aliphatic heterocycles. The number of hydrogen-bond donors (Lipinski definition) is 0. The average molecular weight is 358 g/mol. The van der Waals surface area contributed by atoms with Crippen molar-refractivity contribution in [1.29, 1.82) is 0 Å². The lowest BCUT2D eigenvalue weighted by Crippen LogP contribution is -2.36. The molecule has 0 atom stereocenters. The van der Waals surface area contributed by atoms with Gasteiger partial charge in [-0.3, -0.25) is 4.31 Å². The molecule has 23 heavy (non-hydrogen) atoms. The average Bonchev–Trinajstić information content (AvgIpc) is 3.01. The molecule has 0 amide bonds. The largest absolute Gasteiger partial charge is 0.334 e. The molecule has 0 saturated carbocycles. The Morgan fingerprint density at radius 1 is 1.35 bits per heavy atom. The smallest absolute Gasteiger partial charge is 0.283 e. The molecule has 1 aromatic heterocycles. The van der Waals surface area contributed by atoms with Gasteiger partial charge in [-0.1, -0.05) is 11.6 Å². The molecule has 2 aromatic rings. The minimum absolute atomic E-state index is 0.0443. The van der Waals surface area contributed by atoms with Crippen LogP contribution in [-0.4, -0.2) is 24.5 Å². The number of benzene rings is 1. The van der Waals surface area contributed by atoms with Crippen LogP contribution in [0.15, 0.2) is 29.7 Å². The first-order chi connectivity index (χ1) is 10.8. The SMILES string of the molecule is CC(C)n1cnc(S(=O)(=O)N2CCCc3c(Cl)ccc(F)c32)c1. The number of hydrogen-bond acceptors (Lipinski definition) is 3. The van der Waals surface area contributed by atoms with E-state index in [1.807, 2.05) is 13.8 Å². The molecular weight excluding hydrogens is 341 g/mol. The summed E-state index contributed by atoms with van der Waals surface area (Å²) >= 11 is 6.11. The monoisotopic (exact) mass is 357 g/mol. The van der Waals surface area contributed by atoms with Gasteiger partial charge >= 0.3 is 0 Å². The van der Waals surface area contributed by atoms with E-state index in [1.165, 1.54) is 24.7 Å². The fourth-order valence-electron chi connectivity index (χ4n) is 2.69. The summed E-state index contributed by atoms with van der Waals surface area (Å²) < 4.78 is 42.9. The van der Waals surface area contributed by atoms with Gasteiger partial charge in [-0.25, -0.2) is 9.37 Å². The van der Waals surface area contributed by atoms with Crippen molar-refractivity contribution in [3.05, 3.63) is 41.1 Å². The Morgan fingerprint density at radius 2 is 2.09 bits per heavy atom. The van der Waals surface area contributed by atoms with Gasteiger partial charge in [0.05, 0.1) is 12.0 Å². The molecule has 3 rings (SSSR count). The number of imidazole rings is 1. The molecule has 0 spiro atoms. The molecule has 124 valence electrons. The second kappa shape index (κ2) is 5.79. The van der Waals surface area contributed by atoms with Gasteiger partial charge in [0.1, 0.15) is 5.82 Å². The predicted octanol–water partition coefficient (Wildman–Crippen LogP) is 3.40. The van der Waals surface area contributed by atoms with Crippen molar-refractivity contribution >= 4 is 27.3 Å². The van der Waals surface area contributed by atoms with Crippen LogP contribution in [0.5, 0.6) is 0 Å². The van der Waals surface area contributed by atoms with Crippen molar-refractivity contribution < 1.29 is 12.8 Å². The molecule has 0 aliphatic carbocycles. The number of aromatic nitrogens is 2. The quantitative estimate of drug-likeness (QED) is 0.846. The van der Waals surface area contributed by atoms with Gasteiger partial charge in [-0.15, -0.1) is 0 Å². The molecule has 2 heterocycles. The van der Waals surface area contributed by atoms with Crippen molar-refractivity contribution in [2.45, 2.75) is 37.8 Å². The summed E-state index contributed by atoms with van der Waals surface area (Å²) in [5.74, 6) is -0.587. The predicted molar refractivity (Wildman–Crippen MR) is 86.9 cm³/mol. The summed E-state index contributed by atoms with van der Waals surface area (Å²) in [6.07, 6.45) is 4.08. The fourth-order valence-corrected chi connectivity index (χ4v) is 4.40. The number of sulfonamides is 1. The summed E-state index contributed by atoms with van der Waals surface area (Å²) in [6.45, 7) is 4.06. The van der Waals surface area contributed by atoms with Gasteiger partial charge in [0, 0.05) is 23.8 Å². The van der Waals surface area contributed by atoms with E-state index in [9.17, 15) is 12.8 Å². The normalized spacial score (nSPS) is 15.1. The third-order valence-electron chi connectivity index (χ3n) is 3.94. The van der Waals surface area contributed by atoms with Crippen molar-refractivity contribution in [2.75, 3.05) is 10.8 Å². The van der Waals surface area contributed by atoms with Crippen LogP contribution < -0.4 is 4.31 Å². The highest BCUT2D eigenvalue weighted by atomic mass is 35.5. The van der Waals surface area contributed by atoms with E-state index in [2.05, 4.69) is 4.98 Å². The molecule has 1 aliphatic rings. The second-order valence-electron chi connectivity index (χ2n) is 5.79. The molecule has 1 aromatic carbocycles. The summed E-state index contributed by atoms with van der Waals surface area (Å²) in [4.78, 5) is 3.99. The zero-order valence-corrected chi connectivity index (χ0v) is 14.4. The van der Waals surface area contributed by atoms with Crippen LogP contribution in [-0.2, 0) is 16.4 Å². The summed E-state index contributed by atoms with van der Waals surface area (Å²) in [5.41, 5.74) is 0.577. The van der Waals surface area contributed by atoms with E-state index in [0.717, 1.165) is 4.31 Å². The highest BCUT2D eigenvalue weighted by Gasteiger charge is 2.34. The van der Waals surface area contributed by atoms with E-state index in [4.69, 9.17) is 11.6 Å². The first kappa shape index (κ1) is 16.3. The van der Waals surface area contributed by atoms with Crippen LogP contribution in [0.4, 0.5) is 10.1 Å². The van der Waals surface area contributed by atoms with Gasteiger partial charge < -0.3 is 4.57 Å². The molecule has 0 radical (unpaired) electrons. The Labute approximate surface area is 139 Å². The zero-order chi connectivity index (χ0) is 16.8. The third kappa shape index (κ3) is 2.72. The maximum absolute atomic E-state index is 14.3. The van der Waals surface area contributed by atoms with E-state index in [-0.39, 0.29) is 23.3 Å². The van der Waals surface area contributed by atoms with Crippen LogP contribution in [0.2, 0.25) is 5.02 Å². The molecule has 0 N–H and O–H groups in total. The van der Waals surface area contributed by atoms with Crippen LogP contribution in [0.25, 0.3) is 0 Å². The Hall–Kier alpha value is -1.60.